The second-order valence-corrected chi connectivity index (χ2v) is 5.11. The van der Waals surface area contributed by atoms with Gasteiger partial charge in [-0.05, 0) is 0 Å². The first-order valence-corrected chi connectivity index (χ1v) is 6.09. The van der Waals surface area contributed by atoms with Crippen LogP contribution in [0.2, 0.25) is 0 Å². The summed E-state index contributed by atoms with van der Waals surface area (Å²) in [5.41, 5.74) is 1.40. The predicted molar refractivity (Wildman–Crippen MR) is 48.5 cm³/mol. The van der Waals surface area contributed by atoms with Crippen LogP contribution in [-0.4, -0.2) is 31.2 Å². The number of rotatable bonds is 1. The fourth-order valence-corrected chi connectivity index (χ4v) is 2.32. The average molecular weight is 214 g/mol. The molecule has 14 heavy (non-hydrogen) atoms. The van der Waals surface area contributed by atoms with Crippen molar-refractivity contribution >= 4 is 9.84 Å². The molecule has 76 valence electrons. The van der Waals surface area contributed by atoms with Crippen LogP contribution in [0.1, 0.15) is 11.3 Å². The summed E-state index contributed by atoms with van der Waals surface area (Å²) >= 11 is 0. The summed E-state index contributed by atoms with van der Waals surface area (Å²) in [6, 6.07) is 0. The van der Waals surface area contributed by atoms with E-state index in [0.29, 0.717) is 25.2 Å². The standard InChI is InChI=1S/C8H10N2O3S/c1-14(11,12)8-6-4-13-3-2-7(6)9-5-10-8/h5H,2-4H2,1H3. The highest BCUT2D eigenvalue weighted by atomic mass is 32.2. The lowest BCUT2D eigenvalue weighted by atomic mass is 10.1. The Morgan fingerprint density at radius 2 is 2.21 bits per heavy atom. The Morgan fingerprint density at radius 1 is 1.43 bits per heavy atom. The van der Waals surface area contributed by atoms with Crippen molar-refractivity contribution in [3.05, 3.63) is 17.6 Å². The summed E-state index contributed by atoms with van der Waals surface area (Å²) in [5, 5.41) is 0.0993. The summed E-state index contributed by atoms with van der Waals surface area (Å²) in [6.07, 6.45) is 3.09. The zero-order chi connectivity index (χ0) is 10.2. The smallest absolute Gasteiger partial charge is 0.193 e. The maximum Gasteiger partial charge on any atom is 0.193 e. The molecule has 1 aliphatic heterocycles. The minimum Gasteiger partial charge on any atom is -0.376 e. The van der Waals surface area contributed by atoms with Crippen LogP contribution in [0.3, 0.4) is 0 Å². The maximum atomic E-state index is 11.4. The minimum absolute atomic E-state index is 0.0993. The van der Waals surface area contributed by atoms with E-state index in [1.807, 2.05) is 0 Å². The second-order valence-electron chi connectivity index (χ2n) is 3.18. The van der Waals surface area contributed by atoms with Gasteiger partial charge in [0.1, 0.15) is 6.33 Å². The van der Waals surface area contributed by atoms with Gasteiger partial charge in [0.15, 0.2) is 14.9 Å². The number of hydrogen-bond donors (Lipinski definition) is 0. The molecule has 1 aromatic heterocycles. The first-order chi connectivity index (χ1) is 6.59. The fraction of sp³-hybridized carbons (Fsp3) is 0.500. The van der Waals surface area contributed by atoms with Gasteiger partial charge in [-0.25, -0.2) is 18.4 Å². The van der Waals surface area contributed by atoms with Crippen molar-refractivity contribution in [2.75, 3.05) is 12.9 Å². The molecule has 0 aliphatic carbocycles. The van der Waals surface area contributed by atoms with Crippen molar-refractivity contribution in [3.8, 4) is 0 Å². The quantitative estimate of drug-likeness (QED) is 0.613. The number of hydrogen-bond acceptors (Lipinski definition) is 5. The van der Waals surface area contributed by atoms with E-state index in [4.69, 9.17) is 4.74 Å². The fourth-order valence-electron chi connectivity index (χ4n) is 1.45. The van der Waals surface area contributed by atoms with Gasteiger partial charge >= 0.3 is 0 Å². The maximum absolute atomic E-state index is 11.4. The molecule has 6 heteroatoms. The number of nitrogens with zero attached hydrogens (tertiary/aromatic N) is 2. The van der Waals surface area contributed by atoms with Crippen LogP contribution >= 0.6 is 0 Å². The van der Waals surface area contributed by atoms with E-state index in [-0.39, 0.29) is 5.03 Å². The first-order valence-electron chi connectivity index (χ1n) is 4.19. The minimum atomic E-state index is -3.28. The Balaban J connectivity index is 2.62. The molecule has 0 amide bonds. The molecule has 0 spiro atoms. The molecule has 0 N–H and O–H groups in total. The van der Waals surface area contributed by atoms with E-state index in [1.54, 1.807) is 0 Å². The van der Waals surface area contributed by atoms with Gasteiger partial charge in [-0.2, -0.15) is 0 Å². The lowest BCUT2D eigenvalue weighted by Crippen LogP contribution is -2.17. The first kappa shape index (κ1) is 9.54. The lowest BCUT2D eigenvalue weighted by Gasteiger charge is -2.16. The van der Waals surface area contributed by atoms with Crippen LogP contribution in [0.4, 0.5) is 0 Å². The monoisotopic (exact) mass is 214 g/mol. The molecular weight excluding hydrogens is 204 g/mol. The summed E-state index contributed by atoms with van der Waals surface area (Å²) < 4.78 is 27.9. The summed E-state index contributed by atoms with van der Waals surface area (Å²) in [4.78, 5) is 7.82. The van der Waals surface area contributed by atoms with Crippen molar-refractivity contribution in [1.29, 1.82) is 0 Å². The second kappa shape index (κ2) is 3.29. The molecule has 0 saturated carbocycles. The largest absolute Gasteiger partial charge is 0.376 e. The van der Waals surface area contributed by atoms with Crippen molar-refractivity contribution in [1.82, 2.24) is 9.97 Å². The molecule has 0 fully saturated rings. The van der Waals surface area contributed by atoms with Crippen LogP contribution in [0.25, 0.3) is 0 Å². The lowest BCUT2D eigenvalue weighted by molar-refractivity contribution is 0.106. The van der Waals surface area contributed by atoms with E-state index in [9.17, 15) is 8.42 Å². The van der Waals surface area contributed by atoms with Crippen LogP contribution in [0, 0.1) is 0 Å². The van der Waals surface area contributed by atoms with Crippen molar-refractivity contribution in [2.24, 2.45) is 0 Å². The van der Waals surface area contributed by atoms with Gasteiger partial charge < -0.3 is 4.74 Å². The molecule has 2 rings (SSSR count). The molecular formula is C8H10N2O3S. The average Bonchev–Trinajstić information content (AvgIpc) is 2.15. The number of aromatic nitrogens is 2. The normalized spacial score (nSPS) is 16.4. The third-order valence-electron chi connectivity index (χ3n) is 2.08. The zero-order valence-corrected chi connectivity index (χ0v) is 8.54. The predicted octanol–water partition coefficient (Wildman–Crippen LogP) is -0.0472. The van der Waals surface area contributed by atoms with Gasteiger partial charge in [-0.15, -0.1) is 0 Å². The van der Waals surface area contributed by atoms with Gasteiger partial charge in [0.05, 0.1) is 18.9 Å². The van der Waals surface area contributed by atoms with Gasteiger partial charge in [0, 0.05) is 18.2 Å². The van der Waals surface area contributed by atoms with Crippen LogP contribution in [0.15, 0.2) is 11.4 Å². The highest BCUT2D eigenvalue weighted by Crippen LogP contribution is 2.20. The third kappa shape index (κ3) is 1.62. The van der Waals surface area contributed by atoms with Gasteiger partial charge in [-0.3, -0.25) is 0 Å². The highest BCUT2D eigenvalue weighted by Gasteiger charge is 2.21. The summed E-state index contributed by atoms with van der Waals surface area (Å²) in [5.74, 6) is 0. The van der Waals surface area contributed by atoms with Crippen molar-refractivity contribution in [2.45, 2.75) is 18.1 Å². The molecule has 0 saturated heterocycles. The Morgan fingerprint density at radius 3 is 2.93 bits per heavy atom. The van der Waals surface area contributed by atoms with Crippen LogP contribution in [-0.2, 0) is 27.6 Å². The Kier molecular flexibility index (Phi) is 2.24. The molecule has 1 aromatic rings. The summed E-state index contributed by atoms with van der Waals surface area (Å²) in [6.45, 7) is 0.881. The van der Waals surface area contributed by atoms with E-state index in [2.05, 4.69) is 9.97 Å². The van der Waals surface area contributed by atoms with E-state index in [1.165, 1.54) is 6.33 Å². The molecule has 0 bridgehead atoms. The summed E-state index contributed by atoms with van der Waals surface area (Å²) in [7, 11) is -3.28. The molecule has 5 nitrogen and oxygen atoms in total. The molecule has 2 heterocycles. The SMILES string of the molecule is CS(=O)(=O)c1ncnc2c1COCC2. The molecule has 0 atom stereocenters. The van der Waals surface area contributed by atoms with E-state index >= 15 is 0 Å². The van der Waals surface area contributed by atoms with Crippen LogP contribution < -0.4 is 0 Å². The van der Waals surface area contributed by atoms with Crippen LogP contribution in [0.5, 0.6) is 0 Å². The molecule has 0 radical (unpaired) electrons. The Hall–Kier alpha value is -1.01. The topological polar surface area (TPSA) is 69.2 Å². The molecule has 1 aliphatic rings. The molecule has 0 unspecified atom stereocenters. The zero-order valence-electron chi connectivity index (χ0n) is 7.73. The number of fused-ring (bicyclic) bond motifs is 1. The van der Waals surface area contributed by atoms with Crippen molar-refractivity contribution < 1.29 is 13.2 Å². The Bertz CT molecular complexity index is 456. The number of sulfone groups is 1. The van der Waals surface area contributed by atoms with Crippen molar-refractivity contribution in [3.63, 3.8) is 0 Å². The van der Waals surface area contributed by atoms with E-state index < -0.39 is 9.84 Å². The van der Waals surface area contributed by atoms with Gasteiger partial charge in [-0.1, -0.05) is 0 Å². The number of ether oxygens (including phenoxy) is 1. The molecule has 0 aromatic carbocycles. The highest BCUT2D eigenvalue weighted by molar-refractivity contribution is 7.90. The third-order valence-corrected chi connectivity index (χ3v) is 3.13. The van der Waals surface area contributed by atoms with Gasteiger partial charge in [0.25, 0.3) is 0 Å². The van der Waals surface area contributed by atoms with E-state index in [0.717, 1.165) is 11.9 Å². The Labute approximate surface area is 82.1 Å². The van der Waals surface area contributed by atoms with Gasteiger partial charge in [0.2, 0.25) is 0 Å².